The Labute approximate surface area is 190 Å². The Kier molecular flexibility index (Phi) is 4.09. The SMILES string of the molecule is Cc1ccc2c(cnn2CC23CC(C(=O)N4N=CCC4c4cccc(Cl)c4Cl)(C2)C3)c1. The Morgan fingerprint density at radius 3 is 2.81 bits per heavy atom. The van der Waals surface area contributed by atoms with E-state index >= 15 is 0 Å². The zero-order valence-electron chi connectivity index (χ0n) is 17.2. The van der Waals surface area contributed by atoms with E-state index in [1.807, 2.05) is 18.3 Å². The number of carbonyl (C=O) groups is 1. The second-order valence-electron chi connectivity index (χ2n) is 9.52. The van der Waals surface area contributed by atoms with Gasteiger partial charge in [-0.3, -0.25) is 9.48 Å². The number of hydrazone groups is 1. The molecule has 31 heavy (non-hydrogen) atoms. The maximum Gasteiger partial charge on any atom is 0.249 e. The fourth-order valence-electron chi connectivity index (χ4n) is 5.93. The van der Waals surface area contributed by atoms with E-state index in [9.17, 15) is 4.79 Å². The number of amides is 1. The largest absolute Gasteiger partial charge is 0.272 e. The van der Waals surface area contributed by atoms with E-state index in [0.717, 1.165) is 36.9 Å². The Hall–Kier alpha value is -2.37. The van der Waals surface area contributed by atoms with Crippen molar-refractivity contribution < 1.29 is 4.79 Å². The molecule has 1 aromatic heterocycles. The zero-order chi connectivity index (χ0) is 21.4. The van der Waals surface area contributed by atoms with Crippen LogP contribution in [0.4, 0.5) is 0 Å². The predicted octanol–water partition coefficient (Wildman–Crippen LogP) is 5.78. The molecule has 1 unspecified atom stereocenters. The molecule has 0 saturated heterocycles. The van der Waals surface area contributed by atoms with Gasteiger partial charge in [0.15, 0.2) is 0 Å². The number of hydrogen-bond acceptors (Lipinski definition) is 3. The molecule has 3 aromatic rings. The minimum absolute atomic E-state index is 0.116. The number of carbonyl (C=O) groups excluding carboxylic acids is 1. The van der Waals surface area contributed by atoms with Crippen LogP contribution in [0.15, 0.2) is 47.7 Å². The summed E-state index contributed by atoms with van der Waals surface area (Å²) in [7, 11) is 0. The van der Waals surface area contributed by atoms with Crippen LogP contribution in [0.2, 0.25) is 10.0 Å². The Morgan fingerprint density at radius 2 is 2.00 bits per heavy atom. The van der Waals surface area contributed by atoms with E-state index in [2.05, 4.69) is 40.0 Å². The maximum atomic E-state index is 13.5. The van der Waals surface area contributed by atoms with E-state index in [-0.39, 0.29) is 22.8 Å². The summed E-state index contributed by atoms with van der Waals surface area (Å²) in [6.45, 7) is 2.96. The second-order valence-corrected chi connectivity index (χ2v) is 10.3. The van der Waals surface area contributed by atoms with Crippen LogP contribution in [-0.4, -0.2) is 26.9 Å². The molecule has 7 heteroatoms. The third-order valence-electron chi connectivity index (χ3n) is 7.25. The highest BCUT2D eigenvalue weighted by molar-refractivity contribution is 6.42. The number of aromatic nitrogens is 2. The average Bonchev–Trinajstić information content (AvgIpc) is 3.32. The third kappa shape index (κ3) is 2.79. The smallest absolute Gasteiger partial charge is 0.249 e. The fraction of sp³-hybridized carbons (Fsp3) is 0.375. The lowest BCUT2D eigenvalue weighted by Crippen LogP contribution is -2.68. The van der Waals surface area contributed by atoms with Crippen molar-refractivity contribution in [2.45, 2.75) is 45.2 Å². The molecule has 2 aromatic carbocycles. The first-order valence-corrected chi connectivity index (χ1v) is 11.4. The van der Waals surface area contributed by atoms with Crippen LogP contribution in [0.5, 0.6) is 0 Å². The van der Waals surface area contributed by atoms with Gasteiger partial charge in [0.05, 0.1) is 33.2 Å². The third-order valence-corrected chi connectivity index (χ3v) is 8.09. The summed E-state index contributed by atoms with van der Waals surface area (Å²) in [5, 5.41) is 12.9. The van der Waals surface area contributed by atoms with Crippen LogP contribution in [-0.2, 0) is 11.3 Å². The van der Waals surface area contributed by atoms with Crippen molar-refractivity contribution in [1.82, 2.24) is 14.8 Å². The molecule has 1 amide bonds. The summed E-state index contributed by atoms with van der Waals surface area (Å²) in [5.41, 5.74) is 3.15. The van der Waals surface area contributed by atoms with E-state index in [1.165, 1.54) is 10.9 Å². The topological polar surface area (TPSA) is 50.5 Å². The summed E-state index contributed by atoms with van der Waals surface area (Å²) in [6.07, 6.45) is 7.09. The van der Waals surface area contributed by atoms with Gasteiger partial charge in [-0.05, 0) is 55.4 Å². The molecule has 1 aliphatic heterocycles. The maximum absolute atomic E-state index is 13.5. The molecule has 0 radical (unpaired) electrons. The molecule has 0 N–H and O–H groups in total. The zero-order valence-corrected chi connectivity index (χ0v) is 18.7. The molecule has 7 rings (SSSR count). The molecule has 1 atom stereocenters. The first-order chi connectivity index (χ1) is 14.9. The summed E-state index contributed by atoms with van der Waals surface area (Å²) >= 11 is 12.6. The van der Waals surface area contributed by atoms with Crippen molar-refractivity contribution in [3.63, 3.8) is 0 Å². The van der Waals surface area contributed by atoms with Crippen LogP contribution >= 0.6 is 23.2 Å². The highest BCUT2D eigenvalue weighted by Gasteiger charge is 2.72. The minimum atomic E-state index is -0.287. The lowest BCUT2D eigenvalue weighted by molar-refractivity contribution is -0.223. The molecule has 4 aliphatic rings. The number of nitrogens with zero attached hydrogens (tertiary/aromatic N) is 4. The summed E-state index contributed by atoms with van der Waals surface area (Å²) in [5.74, 6) is 0.116. The number of rotatable bonds is 4. The Bertz CT molecular complexity index is 1240. The van der Waals surface area contributed by atoms with E-state index in [1.54, 1.807) is 17.3 Å². The van der Waals surface area contributed by atoms with E-state index in [4.69, 9.17) is 23.2 Å². The van der Waals surface area contributed by atoms with Gasteiger partial charge in [-0.15, -0.1) is 0 Å². The van der Waals surface area contributed by atoms with Crippen LogP contribution < -0.4 is 0 Å². The van der Waals surface area contributed by atoms with Crippen molar-refractivity contribution in [2.24, 2.45) is 15.9 Å². The number of benzene rings is 2. The molecule has 2 bridgehead atoms. The standard InChI is InChI=1S/C24H22Cl2N4O/c1-15-5-6-19-16(9-15)10-28-29(19)14-23-11-24(12-23,13-23)22(31)30-20(7-8-27-30)17-3-2-4-18(25)21(17)26/h2-6,8-10,20H,7,11-14H2,1H3. The molecule has 3 fully saturated rings. The van der Waals surface area contributed by atoms with Crippen molar-refractivity contribution in [3.8, 4) is 0 Å². The minimum Gasteiger partial charge on any atom is -0.272 e. The summed E-state index contributed by atoms with van der Waals surface area (Å²) < 4.78 is 2.10. The second kappa shape index (κ2) is 6.57. The molecular weight excluding hydrogens is 431 g/mol. The summed E-state index contributed by atoms with van der Waals surface area (Å²) in [4.78, 5) is 13.5. The van der Waals surface area contributed by atoms with Gasteiger partial charge in [0.1, 0.15) is 0 Å². The molecule has 3 aliphatic carbocycles. The fourth-order valence-corrected chi connectivity index (χ4v) is 6.37. The highest BCUT2D eigenvalue weighted by atomic mass is 35.5. The average molecular weight is 453 g/mol. The normalized spacial score (nSPS) is 28.6. The van der Waals surface area contributed by atoms with Crippen LogP contribution in [0.1, 0.15) is 42.9 Å². The van der Waals surface area contributed by atoms with Gasteiger partial charge in [-0.25, -0.2) is 5.01 Å². The van der Waals surface area contributed by atoms with E-state index < -0.39 is 0 Å². The molecule has 5 nitrogen and oxygen atoms in total. The quantitative estimate of drug-likeness (QED) is 0.503. The number of aryl methyl sites for hydroxylation is 1. The van der Waals surface area contributed by atoms with Gasteiger partial charge in [-0.1, -0.05) is 47.0 Å². The molecule has 3 saturated carbocycles. The van der Waals surface area contributed by atoms with Crippen molar-refractivity contribution in [2.75, 3.05) is 0 Å². The van der Waals surface area contributed by atoms with Gasteiger partial charge >= 0.3 is 0 Å². The van der Waals surface area contributed by atoms with Crippen LogP contribution in [0, 0.1) is 17.8 Å². The van der Waals surface area contributed by atoms with E-state index in [0.29, 0.717) is 16.5 Å². The van der Waals surface area contributed by atoms with Crippen molar-refractivity contribution in [3.05, 3.63) is 63.8 Å². The van der Waals surface area contributed by atoms with Crippen LogP contribution in [0.25, 0.3) is 10.9 Å². The molecule has 2 heterocycles. The first-order valence-electron chi connectivity index (χ1n) is 10.6. The summed E-state index contributed by atoms with van der Waals surface area (Å²) in [6, 6.07) is 11.8. The van der Waals surface area contributed by atoms with Crippen molar-refractivity contribution >= 4 is 46.2 Å². The Morgan fingerprint density at radius 1 is 1.19 bits per heavy atom. The van der Waals surface area contributed by atoms with Gasteiger partial charge in [0.2, 0.25) is 5.91 Å². The first kappa shape index (κ1) is 19.3. The van der Waals surface area contributed by atoms with Crippen LogP contribution in [0.3, 0.4) is 0 Å². The Balaban J connectivity index is 1.18. The monoisotopic (exact) mass is 452 g/mol. The van der Waals surface area contributed by atoms with Gasteiger partial charge in [0.25, 0.3) is 0 Å². The van der Waals surface area contributed by atoms with Gasteiger partial charge < -0.3 is 0 Å². The number of hydrogen-bond donors (Lipinski definition) is 0. The molecule has 158 valence electrons. The van der Waals surface area contributed by atoms with Crippen molar-refractivity contribution in [1.29, 1.82) is 0 Å². The lowest BCUT2D eigenvalue weighted by Gasteiger charge is -2.69. The molecular formula is C24H22Cl2N4O. The number of halogens is 2. The van der Waals surface area contributed by atoms with Gasteiger partial charge in [-0.2, -0.15) is 10.2 Å². The predicted molar refractivity (Wildman–Crippen MR) is 122 cm³/mol. The van der Waals surface area contributed by atoms with Gasteiger partial charge in [0, 0.05) is 24.6 Å². The lowest BCUT2D eigenvalue weighted by atomic mass is 9.34. The highest BCUT2D eigenvalue weighted by Crippen LogP contribution is 2.74. The molecule has 0 spiro atoms. The number of fused-ring (bicyclic) bond motifs is 1.